The molecule has 2 nitrogen and oxygen atoms in total. The lowest BCUT2D eigenvalue weighted by molar-refractivity contribution is -0.136. The molecule has 1 aromatic rings. The minimum atomic E-state index is -0.861. The maximum atomic E-state index is 10.5. The van der Waals surface area contributed by atoms with Gasteiger partial charge >= 0.3 is 5.97 Å². The molecular formula is C8H6Br2O2S. The Labute approximate surface area is 98.0 Å². The van der Waals surface area contributed by atoms with Crippen molar-refractivity contribution in [1.82, 2.24) is 0 Å². The van der Waals surface area contributed by atoms with Crippen LogP contribution in [0.4, 0.5) is 0 Å². The minimum absolute atomic E-state index is 0.0170. The van der Waals surface area contributed by atoms with Gasteiger partial charge in [-0.1, -0.05) is 15.9 Å². The van der Waals surface area contributed by atoms with E-state index in [1.54, 1.807) is 6.07 Å². The summed E-state index contributed by atoms with van der Waals surface area (Å²) in [5.41, 5.74) is 0.692. The molecule has 0 bridgehead atoms. The Morgan fingerprint density at radius 2 is 2.08 bits per heavy atom. The number of hydrogen-bond donors (Lipinski definition) is 2. The van der Waals surface area contributed by atoms with Crippen LogP contribution < -0.4 is 0 Å². The maximum Gasteiger partial charge on any atom is 0.307 e. The summed E-state index contributed by atoms with van der Waals surface area (Å²) in [5, 5.41) is 8.61. The Balaban J connectivity index is 3.12. The highest BCUT2D eigenvalue weighted by atomic mass is 79.9. The second-order valence-corrected chi connectivity index (χ2v) is 4.68. The van der Waals surface area contributed by atoms with E-state index < -0.39 is 5.97 Å². The summed E-state index contributed by atoms with van der Waals surface area (Å²) in [6, 6.07) is 3.58. The summed E-state index contributed by atoms with van der Waals surface area (Å²) in [6.07, 6.45) is -0.0170. The van der Waals surface area contributed by atoms with Gasteiger partial charge in [-0.2, -0.15) is 0 Å². The maximum absolute atomic E-state index is 10.5. The van der Waals surface area contributed by atoms with Crippen molar-refractivity contribution in [1.29, 1.82) is 0 Å². The van der Waals surface area contributed by atoms with E-state index in [0.717, 1.165) is 8.95 Å². The topological polar surface area (TPSA) is 37.3 Å². The van der Waals surface area contributed by atoms with Crippen LogP contribution in [0.2, 0.25) is 0 Å². The lowest BCUT2D eigenvalue weighted by Gasteiger charge is -2.05. The molecule has 0 aliphatic carbocycles. The van der Waals surface area contributed by atoms with Crippen molar-refractivity contribution in [2.24, 2.45) is 0 Å². The van der Waals surface area contributed by atoms with E-state index in [9.17, 15) is 4.79 Å². The van der Waals surface area contributed by atoms with E-state index >= 15 is 0 Å². The summed E-state index contributed by atoms with van der Waals surface area (Å²) in [5.74, 6) is -0.861. The first-order valence-corrected chi connectivity index (χ1v) is 5.42. The molecule has 0 saturated carbocycles. The molecule has 5 heteroatoms. The van der Waals surface area contributed by atoms with Gasteiger partial charge in [-0.15, -0.1) is 12.6 Å². The van der Waals surface area contributed by atoms with Gasteiger partial charge in [-0.05, 0) is 33.6 Å². The van der Waals surface area contributed by atoms with Gasteiger partial charge in [0.25, 0.3) is 0 Å². The van der Waals surface area contributed by atoms with Gasteiger partial charge in [0.05, 0.1) is 6.42 Å². The molecule has 13 heavy (non-hydrogen) atoms. The van der Waals surface area contributed by atoms with Crippen LogP contribution in [0, 0.1) is 0 Å². The predicted molar refractivity (Wildman–Crippen MR) is 60.4 cm³/mol. The molecule has 1 N–H and O–H groups in total. The molecule has 1 aromatic carbocycles. The van der Waals surface area contributed by atoms with Crippen molar-refractivity contribution in [3.05, 3.63) is 26.6 Å². The molecule has 70 valence electrons. The van der Waals surface area contributed by atoms with E-state index in [0.29, 0.717) is 10.5 Å². The normalized spacial score (nSPS) is 10.1. The minimum Gasteiger partial charge on any atom is -0.481 e. The molecule has 0 aliphatic rings. The monoisotopic (exact) mass is 324 g/mol. The zero-order valence-corrected chi connectivity index (χ0v) is 10.5. The first-order chi connectivity index (χ1) is 6.00. The molecule has 0 amide bonds. The fourth-order valence-electron chi connectivity index (χ4n) is 0.917. The van der Waals surface area contributed by atoms with E-state index in [2.05, 4.69) is 44.5 Å². The van der Waals surface area contributed by atoms with Crippen LogP contribution in [0.3, 0.4) is 0 Å². The van der Waals surface area contributed by atoms with E-state index in [1.807, 2.05) is 6.07 Å². The lowest BCUT2D eigenvalue weighted by Crippen LogP contribution is -2.01. The number of thiol groups is 1. The first-order valence-electron chi connectivity index (χ1n) is 3.39. The molecule has 0 atom stereocenters. The average Bonchev–Trinajstić information content (AvgIpc) is 1.98. The smallest absolute Gasteiger partial charge is 0.307 e. The number of carbonyl (C=O) groups is 1. The largest absolute Gasteiger partial charge is 0.481 e. The van der Waals surface area contributed by atoms with Gasteiger partial charge in [0.15, 0.2) is 0 Å². The summed E-state index contributed by atoms with van der Waals surface area (Å²) in [4.78, 5) is 11.2. The summed E-state index contributed by atoms with van der Waals surface area (Å²) in [6.45, 7) is 0. The zero-order valence-electron chi connectivity index (χ0n) is 6.42. The molecule has 0 unspecified atom stereocenters. The average molecular weight is 326 g/mol. The SMILES string of the molecule is O=C(O)Cc1cc(Br)cc(Br)c1S. The van der Waals surface area contributed by atoms with Crippen molar-refractivity contribution in [2.75, 3.05) is 0 Å². The van der Waals surface area contributed by atoms with Crippen molar-refractivity contribution < 1.29 is 9.90 Å². The molecule has 0 aliphatic heterocycles. The molecule has 0 spiro atoms. The fraction of sp³-hybridized carbons (Fsp3) is 0.125. The quantitative estimate of drug-likeness (QED) is 0.820. The molecule has 1 rings (SSSR count). The Bertz CT molecular complexity index is 352. The van der Waals surface area contributed by atoms with Gasteiger partial charge in [0.2, 0.25) is 0 Å². The van der Waals surface area contributed by atoms with Crippen LogP contribution in [-0.2, 0) is 11.2 Å². The zero-order chi connectivity index (χ0) is 10.0. The van der Waals surface area contributed by atoms with Crippen LogP contribution in [0.25, 0.3) is 0 Å². The van der Waals surface area contributed by atoms with E-state index in [1.165, 1.54) is 0 Å². The van der Waals surface area contributed by atoms with Crippen LogP contribution in [-0.4, -0.2) is 11.1 Å². The Kier molecular flexibility index (Phi) is 3.82. The van der Waals surface area contributed by atoms with Crippen molar-refractivity contribution >= 4 is 50.5 Å². The highest BCUT2D eigenvalue weighted by molar-refractivity contribution is 9.11. The number of aliphatic carboxylic acids is 1. The standard InChI is InChI=1S/C8H6Br2O2S/c9-5-1-4(2-7(11)12)8(13)6(10)3-5/h1,3,13H,2H2,(H,11,12). The van der Waals surface area contributed by atoms with E-state index in [4.69, 9.17) is 5.11 Å². The number of hydrogen-bond acceptors (Lipinski definition) is 2. The Hall–Kier alpha value is -0.000000000000000111. The number of halogens is 2. The Morgan fingerprint density at radius 3 is 2.62 bits per heavy atom. The molecule has 0 saturated heterocycles. The van der Waals surface area contributed by atoms with Crippen molar-refractivity contribution in [3.8, 4) is 0 Å². The van der Waals surface area contributed by atoms with Crippen LogP contribution in [0.1, 0.15) is 5.56 Å². The second kappa shape index (κ2) is 4.48. The lowest BCUT2D eigenvalue weighted by atomic mass is 10.1. The summed E-state index contributed by atoms with van der Waals surface area (Å²) < 4.78 is 1.63. The van der Waals surface area contributed by atoms with Crippen LogP contribution in [0.5, 0.6) is 0 Å². The first kappa shape index (κ1) is 11.1. The fourth-order valence-corrected chi connectivity index (χ4v) is 2.44. The van der Waals surface area contributed by atoms with Gasteiger partial charge < -0.3 is 5.11 Å². The Morgan fingerprint density at radius 1 is 1.46 bits per heavy atom. The van der Waals surface area contributed by atoms with Crippen LogP contribution >= 0.6 is 44.5 Å². The predicted octanol–water partition coefficient (Wildman–Crippen LogP) is 3.13. The van der Waals surface area contributed by atoms with Crippen LogP contribution in [0.15, 0.2) is 26.0 Å². The van der Waals surface area contributed by atoms with Gasteiger partial charge in [-0.3, -0.25) is 4.79 Å². The molecule has 0 fully saturated rings. The third-order valence-corrected chi connectivity index (χ3v) is 3.37. The number of rotatable bonds is 2. The van der Waals surface area contributed by atoms with Gasteiger partial charge in [-0.25, -0.2) is 0 Å². The highest BCUT2D eigenvalue weighted by Gasteiger charge is 2.08. The molecule has 0 aromatic heterocycles. The van der Waals surface area contributed by atoms with Crippen molar-refractivity contribution in [2.45, 2.75) is 11.3 Å². The van der Waals surface area contributed by atoms with Crippen molar-refractivity contribution in [3.63, 3.8) is 0 Å². The molecule has 0 heterocycles. The number of carboxylic acids is 1. The second-order valence-electron chi connectivity index (χ2n) is 2.47. The summed E-state index contributed by atoms with van der Waals surface area (Å²) in [7, 11) is 0. The molecular weight excluding hydrogens is 320 g/mol. The third kappa shape index (κ3) is 3.00. The number of carboxylic acid groups (broad SMARTS) is 1. The van der Waals surface area contributed by atoms with Gasteiger partial charge in [0, 0.05) is 13.8 Å². The van der Waals surface area contributed by atoms with Gasteiger partial charge in [0.1, 0.15) is 0 Å². The third-order valence-electron chi connectivity index (χ3n) is 1.45. The number of benzene rings is 1. The highest BCUT2D eigenvalue weighted by Crippen LogP contribution is 2.29. The summed E-state index contributed by atoms with van der Waals surface area (Å²) >= 11 is 10.8. The van der Waals surface area contributed by atoms with E-state index in [-0.39, 0.29) is 6.42 Å². The molecule has 0 radical (unpaired) electrons.